The SMILES string of the molecule is CCc1nc(N)cc(NCCCN2CCCCC2C)n1. The van der Waals surface area contributed by atoms with E-state index in [1.165, 1.54) is 25.8 Å². The van der Waals surface area contributed by atoms with Crippen molar-refractivity contribution in [3.63, 3.8) is 0 Å². The van der Waals surface area contributed by atoms with E-state index in [1.807, 2.05) is 13.0 Å². The van der Waals surface area contributed by atoms with Crippen LogP contribution in [0.3, 0.4) is 0 Å². The van der Waals surface area contributed by atoms with E-state index in [0.717, 1.165) is 43.6 Å². The number of nitrogen functional groups attached to an aromatic ring is 1. The number of nitrogens with one attached hydrogen (secondary N) is 1. The zero-order chi connectivity index (χ0) is 14.4. The monoisotopic (exact) mass is 277 g/mol. The van der Waals surface area contributed by atoms with Crippen molar-refractivity contribution < 1.29 is 0 Å². The van der Waals surface area contributed by atoms with Crippen LogP contribution in [0.15, 0.2) is 6.07 Å². The fourth-order valence-corrected chi connectivity index (χ4v) is 2.75. The lowest BCUT2D eigenvalue weighted by atomic mass is 10.0. The lowest BCUT2D eigenvalue weighted by Crippen LogP contribution is -2.38. The highest BCUT2D eigenvalue weighted by atomic mass is 15.2. The van der Waals surface area contributed by atoms with Gasteiger partial charge in [-0.3, -0.25) is 0 Å². The number of anilines is 2. The van der Waals surface area contributed by atoms with Crippen LogP contribution in [0.25, 0.3) is 0 Å². The largest absolute Gasteiger partial charge is 0.384 e. The van der Waals surface area contributed by atoms with E-state index in [0.29, 0.717) is 5.82 Å². The normalized spacial score (nSPS) is 20.0. The minimum Gasteiger partial charge on any atom is -0.384 e. The topological polar surface area (TPSA) is 67.1 Å². The molecule has 112 valence electrons. The molecule has 1 unspecified atom stereocenters. The molecule has 0 aliphatic carbocycles. The van der Waals surface area contributed by atoms with Crippen LogP contribution in [0.4, 0.5) is 11.6 Å². The summed E-state index contributed by atoms with van der Waals surface area (Å²) in [6, 6.07) is 2.55. The number of aryl methyl sites for hydroxylation is 1. The highest BCUT2D eigenvalue weighted by Gasteiger charge is 2.16. The van der Waals surface area contributed by atoms with Gasteiger partial charge in [-0.15, -0.1) is 0 Å². The fraction of sp³-hybridized carbons (Fsp3) is 0.733. The van der Waals surface area contributed by atoms with Crippen LogP contribution < -0.4 is 11.1 Å². The van der Waals surface area contributed by atoms with Gasteiger partial charge in [-0.1, -0.05) is 13.3 Å². The molecule has 0 aromatic carbocycles. The van der Waals surface area contributed by atoms with Gasteiger partial charge < -0.3 is 16.0 Å². The summed E-state index contributed by atoms with van der Waals surface area (Å²) in [6.07, 6.45) is 6.02. The van der Waals surface area contributed by atoms with Crippen molar-refractivity contribution in [2.75, 3.05) is 30.7 Å². The van der Waals surface area contributed by atoms with Crippen LogP contribution >= 0.6 is 0 Å². The minimum absolute atomic E-state index is 0.545. The zero-order valence-corrected chi connectivity index (χ0v) is 12.7. The molecule has 20 heavy (non-hydrogen) atoms. The molecular formula is C15H27N5. The predicted octanol–water partition coefficient (Wildman–Crippen LogP) is 2.30. The van der Waals surface area contributed by atoms with Crippen molar-refractivity contribution in [3.05, 3.63) is 11.9 Å². The lowest BCUT2D eigenvalue weighted by Gasteiger charge is -2.33. The maximum Gasteiger partial charge on any atom is 0.132 e. The summed E-state index contributed by atoms with van der Waals surface area (Å²) in [5, 5.41) is 3.36. The molecular weight excluding hydrogens is 250 g/mol. The lowest BCUT2D eigenvalue weighted by molar-refractivity contribution is 0.160. The first-order valence-electron chi connectivity index (χ1n) is 7.80. The number of rotatable bonds is 6. The van der Waals surface area contributed by atoms with Gasteiger partial charge in [0, 0.05) is 31.6 Å². The molecule has 1 atom stereocenters. The Morgan fingerprint density at radius 1 is 1.40 bits per heavy atom. The second-order valence-corrected chi connectivity index (χ2v) is 5.61. The average molecular weight is 277 g/mol. The van der Waals surface area contributed by atoms with Gasteiger partial charge in [0.15, 0.2) is 0 Å². The van der Waals surface area contributed by atoms with E-state index in [4.69, 9.17) is 5.73 Å². The Hall–Kier alpha value is -1.36. The third kappa shape index (κ3) is 4.34. The Bertz CT molecular complexity index is 421. The van der Waals surface area contributed by atoms with Crippen molar-refractivity contribution in [1.82, 2.24) is 14.9 Å². The molecule has 1 aliphatic heterocycles. The Balaban J connectivity index is 1.74. The van der Waals surface area contributed by atoms with E-state index >= 15 is 0 Å². The first-order chi connectivity index (χ1) is 9.69. The quantitative estimate of drug-likeness (QED) is 0.781. The van der Waals surface area contributed by atoms with E-state index in [-0.39, 0.29) is 0 Å². The van der Waals surface area contributed by atoms with Gasteiger partial charge in [0.2, 0.25) is 0 Å². The molecule has 2 rings (SSSR count). The molecule has 1 saturated heterocycles. The molecule has 1 aromatic rings. The first-order valence-corrected chi connectivity index (χ1v) is 7.80. The standard InChI is InChI=1S/C15H27N5/c1-3-14-18-13(16)11-15(19-14)17-8-6-10-20-9-5-4-7-12(20)2/h11-12H,3-10H2,1-2H3,(H3,16,17,18,19). The van der Waals surface area contributed by atoms with Gasteiger partial charge >= 0.3 is 0 Å². The summed E-state index contributed by atoms with van der Waals surface area (Å²) in [6.45, 7) is 7.72. The number of nitrogens with two attached hydrogens (primary N) is 1. The molecule has 0 amide bonds. The van der Waals surface area contributed by atoms with Gasteiger partial charge in [0.05, 0.1) is 0 Å². The van der Waals surface area contributed by atoms with Crippen molar-refractivity contribution in [1.29, 1.82) is 0 Å². The Morgan fingerprint density at radius 3 is 3.00 bits per heavy atom. The Morgan fingerprint density at radius 2 is 2.25 bits per heavy atom. The number of hydrogen-bond acceptors (Lipinski definition) is 5. The van der Waals surface area contributed by atoms with Gasteiger partial charge in [0.25, 0.3) is 0 Å². The van der Waals surface area contributed by atoms with E-state index in [2.05, 4.69) is 27.1 Å². The predicted molar refractivity (Wildman–Crippen MR) is 83.8 cm³/mol. The second kappa shape index (κ2) is 7.43. The Labute approximate surface area is 122 Å². The van der Waals surface area contributed by atoms with Gasteiger partial charge in [0.1, 0.15) is 17.5 Å². The van der Waals surface area contributed by atoms with Crippen LogP contribution in [0, 0.1) is 0 Å². The number of likely N-dealkylation sites (tertiary alicyclic amines) is 1. The molecule has 0 saturated carbocycles. The van der Waals surface area contributed by atoms with Crippen LogP contribution in [-0.2, 0) is 6.42 Å². The van der Waals surface area contributed by atoms with Crippen molar-refractivity contribution in [2.45, 2.75) is 52.0 Å². The number of piperidine rings is 1. The molecule has 1 aliphatic rings. The van der Waals surface area contributed by atoms with E-state index < -0.39 is 0 Å². The van der Waals surface area contributed by atoms with Crippen LogP contribution in [-0.4, -0.2) is 40.5 Å². The highest BCUT2D eigenvalue weighted by molar-refractivity contribution is 5.44. The maximum atomic E-state index is 5.77. The number of nitrogens with zero attached hydrogens (tertiary/aromatic N) is 3. The van der Waals surface area contributed by atoms with Crippen LogP contribution in [0.5, 0.6) is 0 Å². The number of hydrogen-bond donors (Lipinski definition) is 2. The van der Waals surface area contributed by atoms with Crippen molar-refractivity contribution >= 4 is 11.6 Å². The van der Waals surface area contributed by atoms with E-state index in [9.17, 15) is 0 Å². The Kier molecular flexibility index (Phi) is 5.59. The van der Waals surface area contributed by atoms with Crippen LogP contribution in [0.2, 0.25) is 0 Å². The van der Waals surface area contributed by atoms with Gasteiger partial charge in [-0.05, 0) is 32.7 Å². The summed E-state index contributed by atoms with van der Waals surface area (Å²) in [7, 11) is 0. The highest BCUT2D eigenvalue weighted by Crippen LogP contribution is 2.16. The third-order valence-corrected chi connectivity index (χ3v) is 3.98. The average Bonchev–Trinajstić information content (AvgIpc) is 2.44. The minimum atomic E-state index is 0.545. The molecule has 0 spiro atoms. The molecule has 0 bridgehead atoms. The van der Waals surface area contributed by atoms with Gasteiger partial charge in [-0.2, -0.15) is 0 Å². The molecule has 1 fully saturated rings. The fourth-order valence-electron chi connectivity index (χ4n) is 2.75. The summed E-state index contributed by atoms with van der Waals surface area (Å²) in [5.74, 6) is 2.20. The van der Waals surface area contributed by atoms with Gasteiger partial charge in [-0.25, -0.2) is 9.97 Å². The number of aromatic nitrogens is 2. The summed E-state index contributed by atoms with van der Waals surface area (Å²) >= 11 is 0. The molecule has 0 radical (unpaired) electrons. The van der Waals surface area contributed by atoms with Crippen molar-refractivity contribution in [3.8, 4) is 0 Å². The third-order valence-electron chi connectivity index (χ3n) is 3.98. The molecule has 5 nitrogen and oxygen atoms in total. The summed E-state index contributed by atoms with van der Waals surface area (Å²) < 4.78 is 0. The molecule has 1 aromatic heterocycles. The summed E-state index contributed by atoms with van der Waals surface area (Å²) in [5.41, 5.74) is 5.77. The second-order valence-electron chi connectivity index (χ2n) is 5.61. The zero-order valence-electron chi connectivity index (χ0n) is 12.7. The summed E-state index contributed by atoms with van der Waals surface area (Å²) in [4.78, 5) is 11.2. The maximum absolute atomic E-state index is 5.77. The smallest absolute Gasteiger partial charge is 0.132 e. The molecule has 3 N–H and O–H groups in total. The molecule has 2 heterocycles. The first kappa shape index (κ1) is 15.0. The molecule has 5 heteroatoms. The van der Waals surface area contributed by atoms with E-state index in [1.54, 1.807) is 0 Å². The van der Waals surface area contributed by atoms with Crippen LogP contribution in [0.1, 0.15) is 45.4 Å². The van der Waals surface area contributed by atoms with Crippen molar-refractivity contribution in [2.24, 2.45) is 0 Å².